The minimum atomic E-state index is -0.752. The summed E-state index contributed by atoms with van der Waals surface area (Å²) in [6.45, 7) is 0.525. The Kier molecular flexibility index (Phi) is 4.88. The van der Waals surface area contributed by atoms with Crippen molar-refractivity contribution in [2.45, 2.75) is 13.0 Å². The molecule has 0 spiro atoms. The Hall–Kier alpha value is -4.55. The maximum Gasteiger partial charge on any atom is 0.270 e. The Morgan fingerprint density at radius 3 is 2.73 bits per heavy atom. The fraction of sp³-hybridized carbons (Fsp3) is 0.429. The second-order valence-electron chi connectivity index (χ2n) is 11.7. The van der Waals surface area contributed by atoms with Crippen LogP contribution in [0.25, 0.3) is 5.65 Å². The van der Waals surface area contributed by atoms with Gasteiger partial charge >= 0.3 is 0 Å². The molecule has 7 atom stereocenters. The van der Waals surface area contributed by atoms with Crippen LogP contribution in [-0.4, -0.2) is 58.4 Å². The molecular formula is C28H26FN7O5. The van der Waals surface area contributed by atoms with Crippen molar-refractivity contribution < 1.29 is 28.3 Å². The molecule has 13 heteroatoms. The molecule has 4 amide bonds. The van der Waals surface area contributed by atoms with Gasteiger partial charge in [-0.1, -0.05) is 6.07 Å². The highest BCUT2D eigenvalue weighted by atomic mass is 19.1. The number of halogens is 1. The summed E-state index contributed by atoms with van der Waals surface area (Å²) in [5.41, 5.74) is 0.909. The highest BCUT2D eigenvalue weighted by Crippen LogP contribution is 2.92. The van der Waals surface area contributed by atoms with Crippen molar-refractivity contribution in [3.8, 4) is 5.75 Å². The van der Waals surface area contributed by atoms with E-state index in [-0.39, 0.29) is 53.3 Å². The lowest BCUT2D eigenvalue weighted by atomic mass is 9.11. The highest BCUT2D eigenvalue weighted by molar-refractivity contribution is 5.98. The monoisotopic (exact) mass is 559 g/mol. The largest absolute Gasteiger partial charge is 0.482 e. The molecule has 3 aromatic rings. The van der Waals surface area contributed by atoms with Crippen LogP contribution in [0, 0.1) is 46.7 Å². The number of hydrogen-bond acceptors (Lipinski definition) is 7. The van der Waals surface area contributed by atoms with E-state index in [4.69, 9.17) is 4.74 Å². The molecule has 4 fully saturated rings. The van der Waals surface area contributed by atoms with E-state index in [2.05, 4.69) is 31.3 Å². The number of carbonyl (C=O) groups is 4. The van der Waals surface area contributed by atoms with Gasteiger partial charge in [0, 0.05) is 32.1 Å². The number of fused-ring (bicyclic) bond motifs is 4. The van der Waals surface area contributed by atoms with E-state index in [1.165, 1.54) is 6.07 Å². The average molecular weight is 560 g/mol. The van der Waals surface area contributed by atoms with Crippen molar-refractivity contribution in [1.82, 2.24) is 30.5 Å². The molecule has 0 saturated heterocycles. The maximum absolute atomic E-state index is 14.5. The van der Waals surface area contributed by atoms with Crippen molar-refractivity contribution in [3.05, 3.63) is 53.2 Å². The van der Waals surface area contributed by atoms with Gasteiger partial charge in [-0.05, 0) is 59.1 Å². The van der Waals surface area contributed by atoms with Crippen LogP contribution in [-0.2, 0) is 16.1 Å². The number of carbonyl (C=O) groups excluding carboxylic acids is 4. The predicted octanol–water partition coefficient (Wildman–Crippen LogP) is 0.733. The van der Waals surface area contributed by atoms with Crippen LogP contribution in [0.5, 0.6) is 5.75 Å². The quantitative estimate of drug-likeness (QED) is 0.333. The van der Waals surface area contributed by atoms with E-state index >= 15 is 0 Å². The van der Waals surface area contributed by atoms with Gasteiger partial charge in [0.1, 0.15) is 17.1 Å². The number of amides is 4. The Balaban J connectivity index is 0.977. The molecule has 4 saturated carbocycles. The summed E-state index contributed by atoms with van der Waals surface area (Å²) >= 11 is 0. The number of aromatic nitrogens is 3. The summed E-state index contributed by atoms with van der Waals surface area (Å²) in [5.74, 6) is 0.841. The first-order valence-electron chi connectivity index (χ1n) is 13.7. The van der Waals surface area contributed by atoms with Crippen molar-refractivity contribution in [1.29, 1.82) is 0 Å². The summed E-state index contributed by atoms with van der Waals surface area (Å²) in [6.07, 6.45) is 2.06. The molecule has 41 heavy (non-hydrogen) atoms. The molecule has 210 valence electrons. The standard InChI is InChI=1S/C28H26FN7O5/c1-30-27(40)22-20-12-5-13-21(22)23(20)28(12,13)10-32-26(39)17-6-16(35-24-14(29)8-33-36(17)24)25(38)31-7-11-2-3-18-15(4-11)34-19(37)9-41-18/h2-4,6,8,12-13,20-23H,5,7,9-10H2,1H3,(H,30,40)(H,31,38)(H,32,39)(H,34,37)/t12-,13?,20?,21?,22?,23?,28?/m1/s1. The molecule has 0 bridgehead atoms. The van der Waals surface area contributed by atoms with Gasteiger partial charge in [-0.15, -0.1) is 0 Å². The lowest BCUT2D eigenvalue weighted by Gasteiger charge is -2.93. The molecule has 12 nitrogen and oxygen atoms in total. The molecule has 3 heterocycles. The number of rotatable bonds is 7. The molecule has 1 aromatic carbocycles. The summed E-state index contributed by atoms with van der Waals surface area (Å²) < 4.78 is 21.0. The van der Waals surface area contributed by atoms with Gasteiger partial charge in [-0.2, -0.15) is 5.10 Å². The number of nitrogens with zero attached hydrogens (tertiary/aromatic N) is 3. The van der Waals surface area contributed by atoms with Crippen LogP contribution in [0.3, 0.4) is 0 Å². The van der Waals surface area contributed by atoms with E-state index in [0.29, 0.717) is 53.1 Å². The Morgan fingerprint density at radius 1 is 1.17 bits per heavy atom. The third-order valence-electron chi connectivity index (χ3n) is 10.2. The van der Waals surface area contributed by atoms with Crippen LogP contribution < -0.4 is 26.0 Å². The first kappa shape index (κ1) is 24.3. The smallest absolute Gasteiger partial charge is 0.270 e. The Labute approximate surface area is 232 Å². The van der Waals surface area contributed by atoms with Crippen molar-refractivity contribution in [3.63, 3.8) is 0 Å². The minimum Gasteiger partial charge on any atom is -0.482 e. The second-order valence-corrected chi connectivity index (χ2v) is 11.7. The van der Waals surface area contributed by atoms with Gasteiger partial charge < -0.3 is 26.0 Å². The van der Waals surface area contributed by atoms with Crippen LogP contribution in [0.2, 0.25) is 0 Å². The van der Waals surface area contributed by atoms with Crippen molar-refractivity contribution >= 4 is 35.0 Å². The molecule has 2 aromatic heterocycles. The van der Waals surface area contributed by atoms with E-state index in [1.807, 2.05) is 0 Å². The van der Waals surface area contributed by atoms with Crippen LogP contribution in [0.15, 0.2) is 30.5 Å². The van der Waals surface area contributed by atoms with Crippen molar-refractivity contribution in [2.75, 3.05) is 25.5 Å². The van der Waals surface area contributed by atoms with E-state index in [0.717, 1.165) is 17.1 Å². The topological polar surface area (TPSA) is 156 Å². The number of hydrogen-bond donors (Lipinski definition) is 4. The van der Waals surface area contributed by atoms with E-state index in [9.17, 15) is 23.6 Å². The molecule has 0 radical (unpaired) electrons. The van der Waals surface area contributed by atoms with Gasteiger partial charge in [0.25, 0.3) is 17.7 Å². The SMILES string of the molecule is CNC(=O)C1C2C3C[C@@H]4C1C2C34CNC(=O)c1cc(C(=O)NCc2ccc3c(c2)NC(=O)CO3)nc2c(F)cnn12. The van der Waals surface area contributed by atoms with Gasteiger partial charge in [0.05, 0.1) is 11.9 Å². The fourth-order valence-corrected chi connectivity index (χ4v) is 8.59. The first-order valence-corrected chi connectivity index (χ1v) is 13.7. The third-order valence-corrected chi connectivity index (χ3v) is 10.2. The fourth-order valence-electron chi connectivity index (χ4n) is 8.59. The lowest BCUT2D eigenvalue weighted by Crippen LogP contribution is -2.93. The molecule has 1 aliphatic heterocycles. The van der Waals surface area contributed by atoms with Crippen LogP contribution in [0.4, 0.5) is 10.1 Å². The zero-order chi connectivity index (χ0) is 28.2. The molecule has 8 rings (SSSR count). The van der Waals surface area contributed by atoms with E-state index in [1.54, 1.807) is 25.2 Å². The number of benzene rings is 1. The summed E-state index contributed by atoms with van der Waals surface area (Å²) in [4.78, 5) is 54.4. The summed E-state index contributed by atoms with van der Waals surface area (Å²) in [5, 5.41) is 15.2. The van der Waals surface area contributed by atoms with Gasteiger partial charge in [-0.25, -0.2) is 13.9 Å². The Morgan fingerprint density at radius 2 is 1.98 bits per heavy atom. The van der Waals surface area contributed by atoms with E-state index < -0.39 is 17.6 Å². The molecule has 6 unspecified atom stereocenters. The zero-order valence-electron chi connectivity index (χ0n) is 21.9. The van der Waals surface area contributed by atoms with Gasteiger partial charge in [0.2, 0.25) is 5.91 Å². The lowest BCUT2D eigenvalue weighted by molar-refractivity contribution is -0.456. The Bertz CT molecular complexity index is 1670. The highest BCUT2D eigenvalue weighted by Gasteiger charge is 2.91. The molecule has 4 aliphatic carbocycles. The van der Waals surface area contributed by atoms with Crippen molar-refractivity contribution in [2.24, 2.45) is 40.9 Å². The summed E-state index contributed by atoms with van der Waals surface area (Å²) in [6, 6.07) is 6.45. The average Bonchev–Trinajstić information content (AvgIpc) is 3.36. The maximum atomic E-state index is 14.5. The molecule has 4 N–H and O–H groups in total. The number of anilines is 1. The number of ether oxygens (including phenoxy) is 1. The number of nitrogens with one attached hydrogen (secondary N) is 4. The third kappa shape index (κ3) is 3.08. The van der Waals surface area contributed by atoms with Gasteiger partial charge in [-0.3, -0.25) is 19.2 Å². The molecule has 5 aliphatic rings. The second kappa shape index (κ2) is 8.24. The van der Waals surface area contributed by atoms with Crippen LogP contribution >= 0.6 is 0 Å². The van der Waals surface area contributed by atoms with Gasteiger partial charge in [0.15, 0.2) is 18.1 Å². The predicted molar refractivity (Wildman–Crippen MR) is 139 cm³/mol. The minimum absolute atomic E-state index is 0.00589. The molecular weight excluding hydrogens is 533 g/mol. The summed E-state index contributed by atoms with van der Waals surface area (Å²) in [7, 11) is 1.68. The normalized spacial score (nSPS) is 31.0. The first-order chi connectivity index (χ1) is 19.8. The zero-order valence-corrected chi connectivity index (χ0v) is 21.9. The van der Waals surface area contributed by atoms with Crippen LogP contribution in [0.1, 0.15) is 33.0 Å².